The van der Waals surface area contributed by atoms with Crippen molar-refractivity contribution in [2.75, 3.05) is 33.4 Å². The predicted molar refractivity (Wildman–Crippen MR) is 52.8 cm³/mol. The maximum absolute atomic E-state index is 11.3. The Hall–Kier alpha value is -1.14. The summed E-state index contributed by atoms with van der Waals surface area (Å²) in [6.07, 6.45) is 0.881. The van der Waals surface area contributed by atoms with Gasteiger partial charge in [0.1, 0.15) is 6.29 Å². The summed E-state index contributed by atoms with van der Waals surface area (Å²) in [4.78, 5) is 23.9. The third-order valence-electron chi connectivity index (χ3n) is 3.09. The van der Waals surface area contributed by atoms with Gasteiger partial charge in [0.15, 0.2) is 5.79 Å². The first kappa shape index (κ1) is 11.3. The van der Waals surface area contributed by atoms with Crippen LogP contribution >= 0.6 is 0 Å². The van der Waals surface area contributed by atoms with Crippen LogP contribution in [0.25, 0.3) is 0 Å². The molecule has 16 heavy (non-hydrogen) atoms. The topological polar surface area (TPSA) is 65.1 Å². The maximum Gasteiger partial charge on any atom is 0.409 e. The van der Waals surface area contributed by atoms with Crippen LogP contribution in [0.3, 0.4) is 0 Å². The van der Waals surface area contributed by atoms with Gasteiger partial charge in [0.2, 0.25) is 0 Å². The minimum atomic E-state index is -0.813. The number of nitrogens with zero attached hydrogens (tertiary/aromatic N) is 1. The van der Waals surface area contributed by atoms with E-state index in [1.165, 1.54) is 12.0 Å². The van der Waals surface area contributed by atoms with E-state index in [-0.39, 0.29) is 6.54 Å². The van der Waals surface area contributed by atoms with E-state index in [1.807, 2.05) is 0 Å². The summed E-state index contributed by atoms with van der Waals surface area (Å²) in [6.45, 7) is 1.78. The smallest absolute Gasteiger partial charge is 0.409 e. The second-order valence-electron chi connectivity index (χ2n) is 3.92. The number of methoxy groups -OCH3 is 1. The Kier molecular flexibility index (Phi) is 3.11. The Balaban J connectivity index is 2.07. The minimum absolute atomic E-state index is 0.288. The van der Waals surface area contributed by atoms with Crippen molar-refractivity contribution in [3.63, 3.8) is 0 Å². The molecule has 1 spiro atoms. The van der Waals surface area contributed by atoms with Crippen molar-refractivity contribution in [3.8, 4) is 0 Å². The quantitative estimate of drug-likeness (QED) is 0.593. The van der Waals surface area contributed by atoms with Crippen molar-refractivity contribution in [1.29, 1.82) is 0 Å². The molecule has 0 aromatic carbocycles. The monoisotopic (exact) mass is 229 g/mol. The summed E-state index contributed by atoms with van der Waals surface area (Å²) in [6, 6.07) is 0. The molecule has 90 valence electrons. The SMILES string of the molecule is COC(=O)N1CCC2(OCCO2)C(C=O)C1. The zero-order valence-electron chi connectivity index (χ0n) is 9.18. The van der Waals surface area contributed by atoms with Crippen LogP contribution in [-0.4, -0.2) is 56.5 Å². The molecule has 2 aliphatic heterocycles. The number of carbonyl (C=O) groups excluding carboxylic acids is 2. The highest BCUT2D eigenvalue weighted by atomic mass is 16.7. The molecule has 0 aromatic heterocycles. The largest absolute Gasteiger partial charge is 0.453 e. The van der Waals surface area contributed by atoms with Gasteiger partial charge in [-0.15, -0.1) is 0 Å². The van der Waals surface area contributed by atoms with Crippen LogP contribution in [0.15, 0.2) is 0 Å². The van der Waals surface area contributed by atoms with Gasteiger partial charge >= 0.3 is 6.09 Å². The number of amides is 1. The van der Waals surface area contributed by atoms with E-state index >= 15 is 0 Å². The number of piperidine rings is 1. The molecule has 6 nitrogen and oxygen atoms in total. The van der Waals surface area contributed by atoms with E-state index in [2.05, 4.69) is 4.74 Å². The molecule has 0 N–H and O–H groups in total. The van der Waals surface area contributed by atoms with Gasteiger partial charge in [-0.2, -0.15) is 0 Å². The average molecular weight is 229 g/mol. The standard InChI is InChI=1S/C10H15NO5/c1-14-9(13)11-3-2-10(8(6-11)7-12)15-4-5-16-10/h7-8H,2-6H2,1H3. The Bertz CT molecular complexity index is 287. The van der Waals surface area contributed by atoms with E-state index in [1.54, 1.807) is 0 Å². The number of likely N-dealkylation sites (tertiary alicyclic amines) is 1. The highest BCUT2D eigenvalue weighted by Gasteiger charge is 2.48. The number of rotatable bonds is 1. The van der Waals surface area contributed by atoms with Gasteiger partial charge in [-0.05, 0) is 0 Å². The van der Waals surface area contributed by atoms with Crippen molar-refractivity contribution in [1.82, 2.24) is 4.90 Å². The first-order valence-corrected chi connectivity index (χ1v) is 5.28. The van der Waals surface area contributed by atoms with Crippen LogP contribution in [0, 0.1) is 5.92 Å². The van der Waals surface area contributed by atoms with Crippen LogP contribution in [0.1, 0.15) is 6.42 Å². The molecule has 2 fully saturated rings. The van der Waals surface area contributed by atoms with E-state index in [9.17, 15) is 9.59 Å². The highest BCUT2D eigenvalue weighted by Crippen LogP contribution is 2.35. The molecule has 6 heteroatoms. The molecule has 0 bridgehead atoms. The van der Waals surface area contributed by atoms with Crippen LogP contribution in [0.5, 0.6) is 0 Å². The van der Waals surface area contributed by atoms with Gasteiger partial charge in [-0.1, -0.05) is 0 Å². The normalized spacial score (nSPS) is 28.1. The van der Waals surface area contributed by atoms with Crippen molar-refractivity contribution < 1.29 is 23.8 Å². The first-order valence-electron chi connectivity index (χ1n) is 5.28. The third-order valence-corrected chi connectivity index (χ3v) is 3.09. The lowest BCUT2D eigenvalue weighted by Crippen LogP contribution is -2.54. The van der Waals surface area contributed by atoms with Gasteiger partial charge < -0.3 is 23.9 Å². The van der Waals surface area contributed by atoms with Gasteiger partial charge in [-0.3, -0.25) is 0 Å². The molecule has 2 heterocycles. The molecular formula is C10H15NO5. The summed E-state index contributed by atoms with van der Waals surface area (Å²) in [5.74, 6) is -1.26. The summed E-state index contributed by atoms with van der Waals surface area (Å²) in [5, 5.41) is 0. The van der Waals surface area contributed by atoms with E-state index < -0.39 is 17.8 Å². The fourth-order valence-electron chi connectivity index (χ4n) is 2.21. The second-order valence-corrected chi connectivity index (χ2v) is 3.92. The molecule has 1 unspecified atom stereocenters. The van der Waals surface area contributed by atoms with E-state index in [0.717, 1.165) is 6.29 Å². The summed E-state index contributed by atoms with van der Waals surface area (Å²) in [5.41, 5.74) is 0. The fraction of sp³-hybridized carbons (Fsp3) is 0.800. The number of ether oxygens (including phenoxy) is 3. The maximum atomic E-state index is 11.3. The lowest BCUT2D eigenvalue weighted by atomic mass is 9.92. The summed E-state index contributed by atoms with van der Waals surface area (Å²) < 4.78 is 15.7. The first-order chi connectivity index (χ1) is 7.72. The lowest BCUT2D eigenvalue weighted by molar-refractivity contribution is -0.211. The van der Waals surface area contributed by atoms with Gasteiger partial charge in [-0.25, -0.2) is 4.79 Å². The van der Waals surface area contributed by atoms with Crippen LogP contribution in [0.4, 0.5) is 4.79 Å². The average Bonchev–Trinajstić information content (AvgIpc) is 2.78. The summed E-state index contributed by atoms with van der Waals surface area (Å²) >= 11 is 0. The van der Waals surface area contributed by atoms with E-state index in [0.29, 0.717) is 26.2 Å². The van der Waals surface area contributed by atoms with Gasteiger partial charge in [0.05, 0.1) is 26.2 Å². The lowest BCUT2D eigenvalue weighted by Gasteiger charge is -2.40. The zero-order chi connectivity index (χ0) is 11.6. The summed E-state index contributed by atoms with van der Waals surface area (Å²) in [7, 11) is 1.32. The van der Waals surface area contributed by atoms with Crippen LogP contribution < -0.4 is 0 Å². The molecule has 2 rings (SSSR count). The minimum Gasteiger partial charge on any atom is -0.453 e. The molecule has 0 saturated carbocycles. The molecule has 0 radical (unpaired) electrons. The molecule has 1 amide bonds. The van der Waals surface area contributed by atoms with Gasteiger partial charge in [0.25, 0.3) is 0 Å². The second kappa shape index (κ2) is 4.39. The number of hydrogen-bond donors (Lipinski definition) is 0. The van der Waals surface area contributed by atoms with Crippen molar-refractivity contribution in [2.24, 2.45) is 5.92 Å². The predicted octanol–water partition coefficient (Wildman–Crippen LogP) is 0.0167. The van der Waals surface area contributed by atoms with Crippen LogP contribution in [0.2, 0.25) is 0 Å². The Labute approximate surface area is 93.4 Å². The third kappa shape index (κ3) is 1.78. The zero-order valence-corrected chi connectivity index (χ0v) is 9.18. The van der Waals surface area contributed by atoms with Crippen molar-refractivity contribution in [2.45, 2.75) is 12.2 Å². The molecule has 2 saturated heterocycles. The number of aldehydes is 1. The molecule has 0 aliphatic carbocycles. The molecule has 1 atom stereocenters. The Morgan fingerprint density at radius 3 is 2.75 bits per heavy atom. The van der Waals surface area contributed by atoms with Crippen LogP contribution in [-0.2, 0) is 19.0 Å². The van der Waals surface area contributed by atoms with Crippen molar-refractivity contribution in [3.05, 3.63) is 0 Å². The molecular weight excluding hydrogens is 214 g/mol. The highest BCUT2D eigenvalue weighted by molar-refractivity contribution is 5.69. The number of carbonyl (C=O) groups is 2. The molecule has 2 aliphatic rings. The Morgan fingerprint density at radius 2 is 2.19 bits per heavy atom. The molecule has 0 aromatic rings. The van der Waals surface area contributed by atoms with Gasteiger partial charge in [0, 0.05) is 19.5 Å². The fourth-order valence-corrected chi connectivity index (χ4v) is 2.21. The van der Waals surface area contributed by atoms with E-state index in [4.69, 9.17) is 9.47 Å². The Morgan fingerprint density at radius 1 is 1.50 bits per heavy atom. The number of hydrogen-bond acceptors (Lipinski definition) is 5. The van der Waals surface area contributed by atoms with Crippen molar-refractivity contribution >= 4 is 12.4 Å².